The Morgan fingerprint density at radius 2 is 1.80 bits per heavy atom. The number of rotatable bonds is 12. The van der Waals surface area contributed by atoms with Crippen molar-refractivity contribution < 1.29 is 4.79 Å². The Morgan fingerprint density at radius 3 is 2.35 bits per heavy atom. The highest BCUT2D eigenvalue weighted by Gasteiger charge is 2.28. The van der Waals surface area contributed by atoms with Gasteiger partial charge in [0.15, 0.2) is 0 Å². The molecule has 0 spiro atoms. The van der Waals surface area contributed by atoms with E-state index < -0.39 is 0 Å². The molecule has 0 aliphatic rings. The molecule has 0 aromatic carbocycles. The van der Waals surface area contributed by atoms with Crippen molar-refractivity contribution in [1.82, 2.24) is 5.32 Å². The van der Waals surface area contributed by atoms with E-state index in [9.17, 15) is 4.79 Å². The van der Waals surface area contributed by atoms with Gasteiger partial charge in [0, 0.05) is 12.5 Å². The Kier molecular flexibility index (Phi) is 10.8. The first-order valence-corrected chi connectivity index (χ1v) is 8.47. The molecular weight excluding hydrogens is 248 g/mol. The molecule has 0 bridgehead atoms. The molecule has 0 heterocycles. The van der Waals surface area contributed by atoms with Crippen molar-refractivity contribution in [3.8, 4) is 0 Å². The van der Waals surface area contributed by atoms with Gasteiger partial charge < -0.3 is 11.1 Å². The normalized spacial score (nSPS) is 13.2. The van der Waals surface area contributed by atoms with Gasteiger partial charge in [0.1, 0.15) is 0 Å². The second-order valence-electron chi connectivity index (χ2n) is 6.56. The Bertz CT molecular complexity index is 251. The van der Waals surface area contributed by atoms with Crippen molar-refractivity contribution in [2.24, 2.45) is 11.1 Å². The average Bonchev–Trinajstić information content (AvgIpc) is 2.42. The van der Waals surface area contributed by atoms with Crippen LogP contribution in [0.4, 0.5) is 0 Å². The standard InChI is InChI=1S/C17H36N2O/c1-5-7-8-9-13-16(20)19-15(12-10-11-14-18)17(3,4)6-2/h15H,5-14,18H2,1-4H3,(H,19,20)/t15-/m0/s1. The SMILES string of the molecule is CCCCCCC(=O)N[C@@H](CCCCN)C(C)(C)CC. The molecule has 20 heavy (non-hydrogen) atoms. The van der Waals surface area contributed by atoms with Gasteiger partial charge in [-0.15, -0.1) is 0 Å². The predicted molar refractivity (Wildman–Crippen MR) is 87.7 cm³/mol. The summed E-state index contributed by atoms with van der Waals surface area (Å²) < 4.78 is 0. The first-order chi connectivity index (χ1) is 9.47. The zero-order chi connectivity index (χ0) is 15.4. The van der Waals surface area contributed by atoms with E-state index in [0.29, 0.717) is 6.42 Å². The summed E-state index contributed by atoms with van der Waals surface area (Å²) in [6.45, 7) is 9.62. The molecule has 0 aliphatic heterocycles. The fraction of sp³-hybridized carbons (Fsp3) is 0.941. The van der Waals surface area contributed by atoms with Gasteiger partial charge in [0.25, 0.3) is 0 Å². The third-order valence-electron chi connectivity index (χ3n) is 4.39. The zero-order valence-corrected chi connectivity index (χ0v) is 14.1. The minimum Gasteiger partial charge on any atom is -0.353 e. The van der Waals surface area contributed by atoms with Crippen LogP contribution in [0.15, 0.2) is 0 Å². The molecule has 3 nitrogen and oxygen atoms in total. The van der Waals surface area contributed by atoms with E-state index >= 15 is 0 Å². The highest BCUT2D eigenvalue weighted by atomic mass is 16.1. The molecular formula is C17H36N2O. The largest absolute Gasteiger partial charge is 0.353 e. The van der Waals surface area contributed by atoms with Gasteiger partial charge in [-0.3, -0.25) is 4.79 Å². The maximum atomic E-state index is 12.1. The molecule has 0 fully saturated rings. The lowest BCUT2D eigenvalue weighted by molar-refractivity contribution is -0.122. The van der Waals surface area contributed by atoms with Crippen LogP contribution in [-0.4, -0.2) is 18.5 Å². The summed E-state index contributed by atoms with van der Waals surface area (Å²) in [6, 6.07) is 0.276. The summed E-state index contributed by atoms with van der Waals surface area (Å²) in [5.74, 6) is 0.223. The van der Waals surface area contributed by atoms with Crippen LogP contribution < -0.4 is 11.1 Å². The van der Waals surface area contributed by atoms with E-state index in [1.54, 1.807) is 0 Å². The number of carbonyl (C=O) groups is 1. The van der Waals surface area contributed by atoms with Crippen molar-refractivity contribution in [3.05, 3.63) is 0 Å². The minimum absolute atomic E-state index is 0.160. The summed E-state index contributed by atoms with van der Waals surface area (Å²) in [4.78, 5) is 12.1. The van der Waals surface area contributed by atoms with Crippen LogP contribution in [0, 0.1) is 5.41 Å². The van der Waals surface area contributed by atoms with Crippen molar-refractivity contribution in [3.63, 3.8) is 0 Å². The summed E-state index contributed by atoms with van der Waals surface area (Å²) >= 11 is 0. The molecule has 0 rings (SSSR count). The van der Waals surface area contributed by atoms with Gasteiger partial charge in [0.05, 0.1) is 0 Å². The minimum atomic E-state index is 0.160. The zero-order valence-electron chi connectivity index (χ0n) is 14.1. The van der Waals surface area contributed by atoms with E-state index in [2.05, 4.69) is 33.0 Å². The second kappa shape index (κ2) is 11.1. The molecule has 1 atom stereocenters. The molecule has 3 N–H and O–H groups in total. The van der Waals surface area contributed by atoms with E-state index in [4.69, 9.17) is 5.73 Å². The molecule has 120 valence electrons. The van der Waals surface area contributed by atoms with Crippen LogP contribution in [-0.2, 0) is 4.79 Å². The Hall–Kier alpha value is -0.570. The fourth-order valence-electron chi connectivity index (χ4n) is 2.38. The molecule has 0 saturated heterocycles. The van der Waals surface area contributed by atoms with Crippen LogP contribution in [0.25, 0.3) is 0 Å². The average molecular weight is 284 g/mol. The lowest BCUT2D eigenvalue weighted by Crippen LogP contribution is -2.44. The summed E-state index contributed by atoms with van der Waals surface area (Å²) in [7, 11) is 0. The number of unbranched alkanes of at least 4 members (excludes halogenated alkanes) is 4. The molecule has 0 aliphatic carbocycles. The van der Waals surface area contributed by atoms with Gasteiger partial charge in [-0.25, -0.2) is 0 Å². The first kappa shape index (κ1) is 19.4. The van der Waals surface area contributed by atoms with Crippen molar-refractivity contribution in [2.75, 3.05) is 6.54 Å². The van der Waals surface area contributed by atoms with Crippen molar-refractivity contribution >= 4 is 5.91 Å². The Morgan fingerprint density at radius 1 is 1.10 bits per heavy atom. The van der Waals surface area contributed by atoms with Crippen LogP contribution in [0.2, 0.25) is 0 Å². The number of hydrogen-bond donors (Lipinski definition) is 2. The summed E-state index contributed by atoms with van der Waals surface area (Å²) in [5, 5.41) is 3.26. The van der Waals surface area contributed by atoms with Crippen molar-refractivity contribution in [1.29, 1.82) is 0 Å². The number of nitrogens with one attached hydrogen (secondary N) is 1. The lowest BCUT2D eigenvalue weighted by atomic mass is 9.79. The highest BCUT2D eigenvalue weighted by molar-refractivity contribution is 5.76. The molecule has 1 amide bonds. The number of nitrogens with two attached hydrogens (primary N) is 1. The maximum absolute atomic E-state index is 12.1. The van der Waals surface area contributed by atoms with E-state index in [1.807, 2.05) is 0 Å². The van der Waals surface area contributed by atoms with Crippen LogP contribution in [0.3, 0.4) is 0 Å². The Labute approximate surface area is 126 Å². The fourth-order valence-corrected chi connectivity index (χ4v) is 2.38. The van der Waals surface area contributed by atoms with E-state index in [-0.39, 0.29) is 17.4 Å². The third-order valence-corrected chi connectivity index (χ3v) is 4.39. The second-order valence-corrected chi connectivity index (χ2v) is 6.56. The third kappa shape index (κ3) is 8.57. The highest BCUT2D eigenvalue weighted by Crippen LogP contribution is 2.28. The molecule has 0 aromatic rings. The van der Waals surface area contributed by atoms with Gasteiger partial charge in [-0.1, -0.05) is 53.4 Å². The number of hydrogen-bond acceptors (Lipinski definition) is 2. The number of amides is 1. The maximum Gasteiger partial charge on any atom is 0.220 e. The van der Waals surface area contributed by atoms with E-state index in [1.165, 1.54) is 19.3 Å². The molecule has 0 aromatic heterocycles. The quantitative estimate of drug-likeness (QED) is 0.532. The predicted octanol–water partition coefficient (Wildman–Crippen LogP) is 4.01. The van der Waals surface area contributed by atoms with Crippen LogP contribution in [0.5, 0.6) is 0 Å². The topological polar surface area (TPSA) is 55.1 Å². The summed E-state index contributed by atoms with van der Waals surface area (Å²) in [5.41, 5.74) is 5.72. The summed E-state index contributed by atoms with van der Waals surface area (Å²) in [6.07, 6.45) is 9.56. The van der Waals surface area contributed by atoms with Gasteiger partial charge >= 0.3 is 0 Å². The molecule has 0 saturated carbocycles. The monoisotopic (exact) mass is 284 g/mol. The van der Waals surface area contributed by atoms with E-state index in [0.717, 1.165) is 38.6 Å². The Balaban J connectivity index is 4.22. The van der Waals surface area contributed by atoms with Crippen LogP contribution in [0.1, 0.15) is 85.5 Å². The van der Waals surface area contributed by atoms with Gasteiger partial charge in [-0.05, 0) is 37.6 Å². The number of carbonyl (C=O) groups excluding carboxylic acids is 1. The lowest BCUT2D eigenvalue weighted by Gasteiger charge is -2.34. The van der Waals surface area contributed by atoms with Gasteiger partial charge in [-0.2, -0.15) is 0 Å². The van der Waals surface area contributed by atoms with Crippen molar-refractivity contribution in [2.45, 2.75) is 91.5 Å². The first-order valence-electron chi connectivity index (χ1n) is 8.47. The molecule has 0 unspecified atom stereocenters. The smallest absolute Gasteiger partial charge is 0.220 e. The molecule has 0 radical (unpaired) electrons. The van der Waals surface area contributed by atoms with Gasteiger partial charge in [0.2, 0.25) is 5.91 Å². The van der Waals surface area contributed by atoms with Crippen LogP contribution >= 0.6 is 0 Å². The molecule has 3 heteroatoms.